The Kier molecular flexibility index (Phi) is 4.76. The number of carbonyl (C=O) groups is 1. The van der Waals surface area contributed by atoms with Gasteiger partial charge in [-0.3, -0.25) is 4.79 Å². The van der Waals surface area contributed by atoms with E-state index >= 15 is 0 Å². The second-order valence-corrected chi connectivity index (χ2v) is 4.93. The van der Waals surface area contributed by atoms with Crippen LogP contribution in [0.3, 0.4) is 0 Å². The predicted molar refractivity (Wildman–Crippen MR) is 71.6 cm³/mol. The molecule has 0 bridgehead atoms. The molecule has 1 aromatic rings. The first-order chi connectivity index (χ1) is 9.15. The Morgan fingerprint density at radius 1 is 1.42 bits per heavy atom. The van der Waals surface area contributed by atoms with Crippen LogP contribution in [-0.2, 0) is 11.3 Å². The molecule has 0 radical (unpaired) electrons. The lowest BCUT2D eigenvalue weighted by Gasteiger charge is -2.11. The zero-order chi connectivity index (χ0) is 13.7. The van der Waals surface area contributed by atoms with Gasteiger partial charge in [0.15, 0.2) is 6.61 Å². The molecule has 0 saturated heterocycles. The molecule has 5 nitrogen and oxygen atoms in total. The van der Waals surface area contributed by atoms with Crippen LogP contribution in [0.5, 0.6) is 5.75 Å². The van der Waals surface area contributed by atoms with E-state index in [0.717, 1.165) is 18.4 Å². The topological polar surface area (TPSA) is 84.6 Å². The lowest BCUT2D eigenvalue weighted by atomic mass is 10.2. The number of rotatable bonds is 8. The first kappa shape index (κ1) is 13.8. The van der Waals surface area contributed by atoms with Crippen LogP contribution in [0.1, 0.15) is 18.4 Å². The number of nitrogens with two attached hydrogens (primary N) is 1. The molecule has 0 spiro atoms. The number of carbonyl (C=O) groups excluding carboxylic acids is 1. The molecule has 0 heterocycles. The van der Waals surface area contributed by atoms with Crippen molar-refractivity contribution in [3.05, 3.63) is 29.8 Å². The molecule has 19 heavy (non-hydrogen) atoms. The standard InChI is InChI=1S/C14H20N2O3/c15-14(18)9-19-12-5-1-10(2-6-12)7-16-8-13(17)11-3-4-11/h1-2,5-6,11,13,16-17H,3-4,7-9H2,(H2,15,18). The molecule has 2 rings (SSSR count). The Balaban J connectivity index is 1.70. The smallest absolute Gasteiger partial charge is 0.255 e. The van der Waals surface area contributed by atoms with E-state index in [1.165, 1.54) is 0 Å². The highest BCUT2D eigenvalue weighted by molar-refractivity contribution is 5.75. The molecule has 1 atom stereocenters. The molecule has 104 valence electrons. The fourth-order valence-electron chi connectivity index (χ4n) is 1.87. The van der Waals surface area contributed by atoms with Crippen molar-refractivity contribution in [3.8, 4) is 5.75 Å². The first-order valence-corrected chi connectivity index (χ1v) is 6.54. The molecule has 0 aromatic heterocycles. The minimum Gasteiger partial charge on any atom is -0.484 e. The van der Waals surface area contributed by atoms with Crippen LogP contribution in [0, 0.1) is 5.92 Å². The third kappa shape index (κ3) is 4.89. The van der Waals surface area contributed by atoms with Gasteiger partial charge in [0.1, 0.15) is 5.75 Å². The molecular formula is C14H20N2O3. The number of hydrogen-bond acceptors (Lipinski definition) is 4. The Labute approximate surface area is 112 Å². The fourth-order valence-corrected chi connectivity index (χ4v) is 1.87. The predicted octanol–water partition coefficient (Wildman–Crippen LogP) is 0.411. The van der Waals surface area contributed by atoms with Gasteiger partial charge in [0.05, 0.1) is 6.10 Å². The number of benzene rings is 1. The van der Waals surface area contributed by atoms with E-state index in [-0.39, 0.29) is 12.7 Å². The molecule has 1 aromatic carbocycles. The lowest BCUT2D eigenvalue weighted by molar-refractivity contribution is -0.119. The van der Waals surface area contributed by atoms with Crippen LogP contribution >= 0.6 is 0 Å². The number of primary amides is 1. The number of aliphatic hydroxyl groups excluding tert-OH is 1. The first-order valence-electron chi connectivity index (χ1n) is 6.54. The van der Waals surface area contributed by atoms with Crippen LogP contribution in [0.15, 0.2) is 24.3 Å². The molecule has 1 fully saturated rings. The second-order valence-electron chi connectivity index (χ2n) is 4.93. The van der Waals surface area contributed by atoms with Crippen molar-refractivity contribution in [2.24, 2.45) is 11.7 Å². The summed E-state index contributed by atoms with van der Waals surface area (Å²) in [5.41, 5.74) is 6.10. The van der Waals surface area contributed by atoms with Gasteiger partial charge in [-0.15, -0.1) is 0 Å². The van der Waals surface area contributed by atoms with Gasteiger partial charge in [0.2, 0.25) is 0 Å². The summed E-state index contributed by atoms with van der Waals surface area (Å²) in [6.07, 6.45) is 2.07. The van der Waals surface area contributed by atoms with Gasteiger partial charge < -0.3 is 20.9 Å². The van der Waals surface area contributed by atoms with Gasteiger partial charge in [0.25, 0.3) is 5.91 Å². The summed E-state index contributed by atoms with van der Waals surface area (Å²) in [5, 5.41) is 12.9. The average molecular weight is 264 g/mol. The van der Waals surface area contributed by atoms with Gasteiger partial charge in [-0.1, -0.05) is 12.1 Å². The molecule has 1 amide bonds. The summed E-state index contributed by atoms with van der Waals surface area (Å²) in [6.45, 7) is 1.23. The van der Waals surface area contributed by atoms with Crippen molar-refractivity contribution in [1.82, 2.24) is 5.32 Å². The van der Waals surface area contributed by atoms with Crippen molar-refractivity contribution in [1.29, 1.82) is 0 Å². The molecule has 5 heteroatoms. The van der Waals surface area contributed by atoms with Crippen molar-refractivity contribution < 1.29 is 14.6 Å². The summed E-state index contributed by atoms with van der Waals surface area (Å²) in [5.74, 6) is 0.637. The average Bonchev–Trinajstić information content (AvgIpc) is 3.22. The largest absolute Gasteiger partial charge is 0.484 e. The fraction of sp³-hybridized carbons (Fsp3) is 0.500. The molecule has 0 aliphatic heterocycles. The van der Waals surface area contributed by atoms with Crippen molar-refractivity contribution in [2.75, 3.05) is 13.2 Å². The zero-order valence-electron chi connectivity index (χ0n) is 10.8. The monoisotopic (exact) mass is 264 g/mol. The van der Waals surface area contributed by atoms with Crippen LogP contribution in [0.2, 0.25) is 0 Å². The summed E-state index contributed by atoms with van der Waals surface area (Å²) in [4.78, 5) is 10.6. The minimum absolute atomic E-state index is 0.106. The molecule has 1 unspecified atom stereocenters. The second kappa shape index (κ2) is 6.54. The lowest BCUT2D eigenvalue weighted by Crippen LogP contribution is -2.27. The van der Waals surface area contributed by atoms with Gasteiger partial charge in [-0.2, -0.15) is 0 Å². The number of ether oxygens (including phenoxy) is 1. The normalized spacial score (nSPS) is 16.1. The van der Waals surface area contributed by atoms with Crippen LogP contribution in [-0.4, -0.2) is 30.3 Å². The maximum absolute atomic E-state index is 10.6. The number of nitrogens with one attached hydrogen (secondary N) is 1. The van der Waals surface area contributed by atoms with Crippen molar-refractivity contribution >= 4 is 5.91 Å². The zero-order valence-corrected chi connectivity index (χ0v) is 10.8. The van der Waals surface area contributed by atoms with Crippen molar-refractivity contribution in [3.63, 3.8) is 0 Å². The van der Waals surface area contributed by atoms with Crippen LogP contribution in [0.25, 0.3) is 0 Å². The van der Waals surface area contributed by atoms with Gasteiger partial charge in [-0.25, -0.2) is 0 Å². The maximum Gasteiger partial charge on any atom is 0.255 e. The van der Waals surface area contributed by atoms with Crippen LogP contribution < -0.4 is 15.8 Å². The number of hydrogen-bond donors (Lipinski definition) is 3. The molecule has 4 N–H and O–H groups in total. The highest BCUT2D eigenvalue weighted by Gasteiger charge is 2.28. The Hall–Kier alpha value is -1.59. The SMILES string of the molecule is NC(=O)COc1ccc(CNCC(O)C2CC2)cc1. The van der Waals surface area contributed by atoms with Gasteiger partial charge >= 0.3 is 0 Å². The number of aliphatic hydroxyl groups is 1. The maximum atomic E-state index is 10.6. The Morgan fingerprint density at radius 3 is 2.68 bits per heavy atom. The quantitative estimate of drug-likeness (QED) is 0.635. The highest BCUT2D eigenvalue weighted by Crippen LogP contribution is 2.32. The summed E-state index contributed by atoms with van der Waals surface area (Å²) in [6, 6.07) is 7.45. The minimum atomic E-state index is -0.486. The van der Waals surface area contributed by atoms with E-state index in [0.29, 0.717) is 24.8 Å². The van der Waals surface area contributed by atoms with E-state index in [9.17, 15) is 9.90 Å². The number of amides is 1. The van der Waals surface area contributed by atoms with E-state index < -0.39 is 5.91 Å². The van der Waals surface area contributed by atoms with Crippen LogP contribution in [0.4, 0.5) is 0 Å². The summed E-state index contributed by atoms with van der Waals surface area (Å²) < 4.78 is 5.17. The molecule has 1 aliphatic rings. The van der Waals surface area contributed by atoms with Gasteiger partial charge in [0, 0.05) is 13.1 Å². The van der Waals surface area contributed by atoms with E-state index in [2.05, 4.69) is 5.32 Å². The highest BCUT2D eigenvalue weighted by atomic mass is 16.5. The Bertz CT molecular complexity index is 415. The van der Waals surface area contributed by atoms with E-state index in [1.54, 1.807) is 12.1 Å². The van der Waals surface area contributed by atoms with E-state index in [1.807, 2.05) is 12.1 Å². The molecular weight excluding hydrogens is 244 g/mol. The Morgan fingerprint density at radius 2 is 2.11 bits per heavy atom. The summed E-state index contributed by atoms with van der Waals surface area (Å²) in [7, 11) is 0. The summed E-state index contributed by atoms with van der Waals surface area (Å²) >= 11 is 0. The molecule has 1 saturated carbocycles. The third-order valence-electron chi connectivity index (χ3n) is 3.15. The van der Waals surface area contributed by atoms with Crippen molar-refractivity contribution in [2.45, 2.75) is 25.5 Å². The molecule has 1 aliphatic carbocycles. The van der Waals surface area contributed by atoms with Gasteiger partial charge in [-0.05, 0) is 36.5 Å². The van der Waals surface area contributed by atoms with E-state index in [4.69, 9.17) is 10.5 Å². The third-order valence-corrected chi connectivity index (χ3v) is 3.15.